The lowest BCUT2D eigenvalue weighted by Crippen LogP contribution is -2.46. The lowest BCUT2D eigenvalue weighted by molar-refractivity contribution is -0.141. The molecule has 0 aliphatic heterocycles. The third-order valence-electron chi connectivity index (χ3n) is 3.33. The number of amides is 2. The highest BCUT2D eigenvalue weighted by Gasteiger charge is 2.39. The maximum atomic E-state index is 12.5. The zero-order valence-electron chi connectivity index (χ0n) is 13.6. The van der Waals surface area contributed by atoms with Gasteiger partial charge >= 0.3 is 0 Å². The summed E-state index contributed by atoms with van der Waals surface area (Å²) in [7, 11) is 3.12. The van der Waals surface area contributed by atoms with Crippen LogP contribution in [0.1, 0.15) is 39.5 Å². The molecule has 6 heteroatoms. The smallest absolute Gasteiger partial charge is 0.243 e. The largest absolute Gasteiger partial charge is 0.383 e. The summed E-state index contributed by atoms with van der Waals surface area (Å²) in [6.07, 6.45) is 2.55. The van der Waals surface area contributed by atoms with Crippen molar-refractivity contribution in [3.8, 4) is 6.07 Å². The van der Waals surface area contributed by atoms with Crippen molar-refractivity contribution in [3.05, 3.63) is 0 Å². The molecule has 0 bridgehead atoms. The van der Waals surface area contributed by atoms with Gasteiger partial charge in [0.25, 0.3) is 0 Å². The van der Waals surface area contributed by atoms with Crippen molar-refractivity contribution in [3.63, 3.8) is 0 Å². The van der Waals surface area contributed by atoms with Crippen LogP contribution in [0.2, 0.25) is 0 Å². The highest BCUT2D eigenvalue weighted by Crippen LogP contribution is 2.31. The van der Waals surface area contributed by atoms with Gasteiger partial charge in [-0.3, -0.25) is 9.59 Å². The first kappa shape index (κ1) is 19.4. The molecular formula is C15H27N3O3. The predicted octanol–water partition coefficient (Wildman–Crippen LogP) is 1.32. The molecule has 0 atom stereocenters. The van der Waals surface area contributed by atoms with E-state index in [1.54, 1.807) is 14.2 Å². The van der Waals surface area contributed by atoms with Crippen molar-refractivity contribution in [2.24, 2.45) is 5.41 Å². The molecule has 0 fully saturated rings. The van der Waals surface area contributed by atoms with Crippen LogP contribution in [0.4, 0.5) is 0 Å². The average Bonchev–Trinajstić information content (AvgIpc) is 2.46. The Balaban J connectivity index is 4.70. The number of rotatable bonds is 10. The summed E-state index contributed by atoms with van der Waals surface area (Å²) in [5.74, 6) is -0.515. The number of hydrogen-bond acceptors (Lipinski definition) is 4. The van der Waals surface area contributed by atoms with E-state index in [0.29, 0.717) is 26.0 Å². The van der Waals surface area contributed by atoms with Crippen LogP contribution < -0.4 is 5.32 Å². The minimum atomic E-state index is -1.01. The monoisotopic (exact) mass is 297 g/mol. The summed E-state index contributed by atoms with van der Waals surface area (Å²) in [6.45, 7) is 4.69. The first-order valence-electron chi connectivity index (χ1n) is 7.39. The molecule has 120 valence electrons. The van der Waals surface area contributed by atoms with Crippen molar-refractivity contribution in [2.45, 2.75) is 39.5 Å². The number of nitrogens with zero attached hydrogens (tertiary/aromatic N) is 2. The first-order chi connectivity index (χ1) is 9.97. The minimum absolute atomic E-state index is 0.0423. The molecule has 0 radical (unpaired) electrons. The zero-order chi connectivity index (χ0) is 16.3. The molecule has 0 saturated heterocycles. The number of carbonyl (C=O) groups excluding carboxylic acids is 2. The number of nitriles is 1. The SMILES string of the molecule is CCCC(C#N)(CCC)C(=O)N(C)CC(=O)NCCOC. The third kappa shape index (κ3) is 6.13. The molecule has 2 amide bonds. The van der Waals surface area contributed by atoms with Crippen LogP contribution in [0, 0.1) is 16.7 Å². The van der Waals surface area contributed by atoms with Gasteiger partial charge in [0.15, 0.2) is 0 Å². The van der Waals surface area contributed by atoms with Crippen LogP contribution in [0.25, 0.3) is 0 Å². The van der Waals surface area contributed by atoms with Crippen LogP contribution >= 0.6 is 0 Å². The van der Waals surface area contributed by atoms with Crippen LogP contribution in [0.15, 0.2) is 0 Å². The van der Waals surface area contributed by atoms with E-state index in [0.717, 1.165) is 12.8 Å². The molecule has 1 N–H and O–H groups in total. The van der Waals surface area contributed by atoms with Crippen molar-refractivity contribution < 1.29 is 14.3 Å². The second-order valence-electron chi connectivity index (χ2n) is 5.20. The lowest BCUT2D eigenvalue weighted by atomic mass is 9.79. The van der Waals surface area contributed by atoms with Crippen molar-refractivity contribution in [1.29, 1.82) is 5.26 Å². The van der Waals surface area contributed by atoms with Crippen molar-refractivity contribution in [2.75, 3.05) is 33.9 Å². The highest BCUT2D eigenvalue weighted by molar-refractivity contribution is 5.89. The summed E-state index contributed by atoms with van der Waals surface area (Å²) in [6, 6.07) is 2.18. The Morgan fingerprint density at radius 3 is 2.29 bits per heavy atom. The van der Waals surface area contributed by atoms with Crippen LogP contribution in [-0.4, -0.2) is 50.6 Å². The summed E-state index contributed by atoms with van der Waals surface area (Å²) in [4.78, 5) is 25.6. The Morgan fingerprint density at radius 2 is 1.86 bits per heavy atom. The van der Waals surface area contributed by atoms with E-state index in [9.17, 15) is 14.9 Å². The van der Waals surface area contributed by atoms with Gasteiger partial charge in [-0.25, -0.2) is 0 Å². The summed E-state index contributed by atoms with van der Waals surface area (Å²) >= 11 is 0. The molecule has 0 saturated carbocycles. The Labute approximate surface area is 127 Å². The topological polar surface area (TPSA) is 82.4 Å². The maximum Gasteiger partial charge on any atom is 0.243 e. The number of likely N-dealkylation sites (N-methyl/N-ethyl adjacent to an activating group) is 1. The zero-order valence-corrected chi connectivity index (χ0v) is 13.6. The van der Waals surface area contributed by atoms with Gasteiger partial charge in [0.1, 0.15) is 5.41 Å². The normalized spacial score (nSPS) is 10.8. The molecule has 0 spiro atoms. The van der Waals surface area contributed by atoms with E-state index < -0.39 is 5.41 Å². The third-order valence-corrected chi connectivity index (χ3v) is 3.33. The molecule has 6 nitrogen and oxygen atoms in total. The number of hydrogen-bond donors (Lipinski definition) is 1. The Hall–Kier alpha value is -1.61. The fourth-order valence-corrected chi connectivity index (χ4v) is 2.35. The second kappa shape index (κ2) is 10.2. The fourth-order valence-electron chi connectivity index (χ4n) is 2.35. The molecule has 0 aromatic heterocycles. The fraction of sp³-hybridized carbons (Fsp3) is 0.800. The van der Waals surface area contributed by atoms with Crippen molar-refractivity contribution >= 4 is 11.8 Å². The van der Waals surface area contributed by atoms with E-state index in [1.807, 2.05) is 13.8 Å². The van der Waals surface area contributed by atoms with E-state index in [4.69, 9.17) is 4.74 Å². The Bertz CT molecular complexity index is 371. The van der Waals surface area contributed by atoms with Crippen molar-refractivity contribution in [1.82, 2.24) is 10.2 Å². The molecule has 0 rings (SSSR count). The lowest BCUT2D eigenvalue weighted by Gasteiger charge is -2.29. The van der Waals surface area contributed by atoms with Crippen LogP contribution in [-0.2, 0) is 14.3 Å². The quantitative estimate of drug-likeness (QED) is 0.616. The molecule has 0 unspecified atom stereocenters. The predicted molar refractivity (Wildman–Crippen MR) is 80.4 cm³/mol. The van der Waals surface area contributed by atoms with E-state index in [1.165, 1.54) is 4.90 Å². The van der Waals surface area contributed by atoms with Gasteiger partial charge in [0, 0.05) is 20.7 Å². The van der Waals surface area contributed by atoms with E-state index in [-0.39, 0.29) is 18.4 Å². The molecule has 0 aromatic rings. The first-order valence-corrected chi connectivity index (χ1v) is 7.39. The minimum Gasteiger partial charge on any atom is -0.383 e. The molecule has 0 heterocycles. The Kier molecular flexibility index (Phi) is 9.39. The van der Waals surface area contributed by atoms with E-state index >= 15 is 0 Å². The molecule has 0 aromatic carbocycles. The standard InChI is InChI=1S/C15H27N3O3/c1-5-7-15(12-16,8-6-2)14(20)18(3)11-13(19)17-9-10-21-4/h5-11H2,1-4H3,(H,17,19). The van der Waals surface area contributed by atoms with Gasteiger partial charge in [-0.2, -0.15) is 5.26 Å². The van der Waals surface area contributed by atoms with Gasteiger partial charge < -0.3 is 15.0 Å². The van der Waals surface area contributed by atoms with E-state index in [2.05, 4.69) is 11.4 Å². The number of ether oxygens (including phenoxy) is 1. The number of methoxy groups -OCH3 is 1. The van der Waals surface area contributed by atoms with Gasteiger partial charge in [0.05, 0.1) is 19.2 Å². The van der Waals surface area contributed by atoms with Gasteiger partial charge in [-0.1, -0.05) is 26.7 Å². The summed E-state index contributed by atoms with van der Waals surface area (Å²) in [5, 5.41) is 12.1. The maximum absolute atomic E-state index is 12.5. The Morgan fingerprint density at radius 1 is 1.29 bits per heavy atom. The summed E-state index contributed by atoms with van der Waals surface area (Å²) in [5.41, 5.74) is -1.01. The molecule has 0 aliphatic carbocycles. The highest BCUT2D eigenvalue weighted by atomic mass is 16.5. The second-order valence-corrected chi connectivity index (χ2v) is 5.20. The average molecular weight is 297 g/mol. The molecule has 0 aliphatic rings. The van der Waals surface area contributed by atoms with Crippen LogP contribution in [0.3, 0.4) is 0 Å². The molecule has 21 heavy (non-hydrogen) atoms. The van der Waals surface area contributed by atoms with Gasteiger partial charge in [-0.15, -0.1) is 0 Å². The number of nitrogens with one attached hydrogen (secondary N) is 1. The van der Waals surface area contributed by atoms with Crippen LogP contribution in [0.5, 0.6) is 0 Å². The van der Waals surface area contributed by atoms with Gasteiger partial charge in [0.2, 0.25) is 11.8 Å². The number of carbonyl (C=O) groups is 2. The van der Waals surface area contributed by atoms with Gasteiger partial charge in [-0.05, 0) is 12.8 Å². The summed E-state index contributed by atoms with van der Waals surface area (Å²) < 4.78 is 4.84. The molecular weight excluding hydrogens is 270 g/mol.